The standard InChI is InChI=1S/C11H16N4O3S2/c1-3-20(17,18)5-4-15-11-8(10(16)14-2)9(13)7(6-12)19-11/h15H,3-5,13H2,1-2H3,(H,14,16). The number of nitrogens with one attached hydrogen (secondary N) is 2. The Morgan fingerprint density at radius 1 is 1.50 bits per heavy atom. The van der Waals surface area contributed by atoms with Crippen LogP contribution in [0.2, 0.25) is 0 Å². The first kappa shape index (κ1) is 16.3. The maximum Gasteiger partial charge on any atom is 0.256 e. The van der Waals surface area contributed by atoms with Gasteiger partial charge in [0.2, 0.25) is 0 Å². The zero-order chi connectivity index (χ0) is 15.3. The van der Waals surface area contributed by atoms with Crippen molar-refractivity contribution in [2.75, 3.05) is 36.1 Å². The van der Waals surface area contributed by atoms with Crippen molar-refractivity contribution < 1.29 is 13.2 Å². The van der Waals surface area contributed by atoms with Gasteiger partial charge < -0.3 is 16.4 Å². The summed E-state index contributed by atoms with van der Waals surface area (Å²) in [7, 11) is -1.64. The van der Waals surface area contributed by atoms with E-state index in [0.29, 0.717) is 5.00 Å². The van der Waals surface area contributed by atoms with Crippen LogP contribution in [0, 0.1) is 11.3 Å². The number of hydrogen-bond acceptors (Lipinski definition) is 7. The van der Waals surface area contributed by atoms with Crippen LogP contribution >= 0.6 is 11.3 Å². The molecule has 110 valence electrons. The Kier molecular flexibility index (Phi) is 5.35. The highest BCUT2D eigenvalue weighted by atomic mass is 32.2. The molecule has 0 aliphatic heterocycles. The zero-order valence-corrected chi connectivity index (χ0v) is 12.8. The van der Waals surface area contributed by atoms with E-state index in [1.807, 2.05) is 6.07 Å². The smallest absolute Gasteiger partial charge is 0.256 e. The molecule has 1 heterocycles. The quantitative estimate of drug-likeness (QED) is 0.698. The van der Waals surface area contributed by atoms with E-state index in [4.69, 9.17) is 11.0 Å². The molecule has 0 aromatic carbocycles. The summed E-state index contributed by atoms with van der Waals surface area (Å²) in [6.07, 6.45) is 0. The number of nitrogen functional groups attached to an aromatic ring is 1. The highest BCUT2D eigenvalue weighted by Gasteiger charge is 2.21. The molecule has 1 amide bonds. The molecule has 0 aliphatic rings. The van der Waals surface area contributed by atoms with Gasteiger partial charge in [0.15, 0.2) is 9.84 Å². The van der Waals surface area contributed by atoms with Crippen molar-refractivity contribution in [2.45, 2.75) is 6.92 Å². The number of thiophene rings is 1. The van der Waals surface area contributed by atoms with E-state index in [9.17, 15) is 13.2 Å². The Bertz CT molecular complexity index is 643. The monoisotopic (exact) mass is 316 g/mol. The van der Waals surface area contributed by atoms with Gasteiger partial charge in [0.1, 0.15) is 15.9 Å². The Morgan fingerprint density at radius 3 is 2.65 bits per heavy atom. The van der Waals surface area contributed by atoms with Gasteiger partial charge in [0, 0.05) is 19.3 Å². The lowest BCUT2D eigenvalue weighted by atomic mass is 10.2. The summed E-state index contributed by atoms with van der Waals surface area (Å²) in [6.45, 7) is 1.73. The van der Waals surface area contributed by atoms with E-state index in [2.05, 4.69) is 10.6 Å². The summed E-state index contributed by atoms with van der Waals surface area (Å²) in [4.78, 5) is 12.0. The van der Waals surface area contributed by atoms with Crippen LogP contribution in [0.3, 0.4) is 0 Å². The number of nitriles is 1. The summed E-state index contributed by atoms with van der Waals surface area (Å²) in [5.74, 6) is -0.398. The molecule has 0 unspecified atom stereocenters. The van der Waals surface area contributed by atoms with Crippen LogP contribution in [0.1, 0.15) is 22.2 Å². The van der Waals surface area contributed by atoms with Crippen LogP contribution in [0.5, 0.6) is 0 Å². The van der Waals surface area contributed by atoms with Gasteiger partial charge in [-0.25, -0.2) is 8.42 Å². The number of carbonyl (C=O) groups is 1. The predicted molar refractivity (Wildman–Crippen MR) is 79.7 cm³/mol. The van der Waals surface area contributed by atoms with E-state index in [1.165, 1.54) is 7.05 Å². The van der Waals surface area contributed by atoms with E-state index in [1.54, 1.807) is 6.92 Å². The second-order valence-corrected chi connectivity index (χ2v) is 7.40. The first-order valence-corrected chi connectivity index (χ1v) is 8.48. The molecule has 0 aliphatic carbocycles. The van der Waals surface area contributed by atoms with E-state index in [0.717, 1.165) is 11.3 Å². The van der Waals surface area contributed by atoms with E-state index < -0.39 is 15.7 Å². The Morgan fingerprint density at radius 2 is 2.15 bits per heavy atom. The van der Waals surface area contributed by atoms with Gasteiger partial charge in [-0.05, 0) is 0 Å². The number of amides is 1. The van der Waals surface area contributed by atoms with E-state index in [-0.39, 0.29) is 34.2 Å². The van der Waals surface area contributed by atoms with Crippen molar-refractivity contribution in [2.24, 2.45) is 0 Å². The van der Waals surface area contributed by atoms with Gasteiger partial charge >= 0.3 is 0 Å². The summed E-state index contributed by atoms with van der Waals surface area (Å²) in [5, 5.41) is 14.6. The van der Waals surface area contributed by atoms with Gasteiger partial charge in [-0.2, -0.15) is 5.26 Å². The molecule has 0 spiro atoms. The third-order valence-corrected chi connectivity index (χ3v) is 5.41. The molecule has 0 saturated heterocycles. The van der Waals surface area contributed by atoms with Gasteiger partial charge in [-0.3, -0.25) is 4.79 Å². The number of sulfone groups is 1. The van der Waals surface area contributed by atoms with Gasteiger partial charge in [-0.15, -0.1) is 11.3 Å². The van der Waals surface area contributed by atoms with Crippen molar-refractivity contribution in [3.8, 4) is 6.07 Å². The molecule has 0 atom stereocenters. The van der Waals surface area contributed by atoms with Crippen molar-refractivity contribution in [3.05, 3.63) is 10.4 Å². The minimum atomic E-state index is -3.09. The van der Waals surface area contributed by atoms with E-state index >= 15 is 0 Å². The van der Waals surface area contributed by atoms with Crippen molar-refractivity contribution in [1.29, 1.82) is 5.26 Å². The lowest BCUT2D eigenvalue weighted by Gasteiger charge is -2.07. The zero-order valence-electron chi connectivity index (χ0n) is 11.2. The van der Waals surface area contributed by atoms with Crippen molar-refractivity contribution in [3.63, 3.8) is 0 Å². The first-order valence-electron chi connectivity index (χ1n) is 5.85. The molecule has 7 nitrogen and oxygen atoms in total. The largest absolute Gasteiger partial charge is 0.396 e. The lowest BCUT2D eigenvalue weighted by molar-refractivity contribution is 0.0965. The number of anilines is 2. The number of hydrogen-bond donors (Lipinski definition) is 3. The van der Waals surface area contributed by atoms with Crippen LogP contribution < -0.4 is 16.4 Å². The van der Waals surface area contributed by atoms with Crippen LogP contribution in [0.15, 0.2) is 0 Å². The number of nitrogens with two attached hydrogens (primary N) is 1. The summed E-state index contributed by atoms with van der Waals surface area (Å²) >= 11 is 1.04. The van der Waals surface area contributed by atoms with Gasteiger partial charge in [0.05, 0.1) is 17.0 Å². The summed E-state index contributed by atoms with van der Waals surface area (Å²) < 4.78 is 22.8. The molecule has 0 fully saturated rings. The first-order chi connectivity index (χ1) is 9.36. The van der Waals surface area contributed by atoms with Crippen LogP contribution in [0.4, 0.5) is 10.7 Å². The fourth-order valence-electron chi connectivity index (χ4n) is 1.47. The maximum atomic E-state index is 11.7. The molecule has 1 aromatic rings. The second kappa shape index (κ2) is 6.58. The average Bonchev–Trinajstić information content (AvgIpc) is 2.74. The number of carbonyl (C=O) groups excluding carboxylic acids is 1. The highest BCUT2D eigenvalue weighted by molar-refractivity contribution is 7.91. The molecule has 0 bridgehead atoms. The summed E-state index contributed by atoms with van der Waals surface area (Å²) in [5.41, 5.74) is 6.04. The second-order valence-electron chi connectivity index (χ2n) is 3.90. The molecule has 0 radical (unpaired) electrons. The SMILES string of the molecule is CCS(=O)(=O)CCNc1sc(C#N)c(N)c1C(=O)NC. The minimum Gasteiger partial charge on any atom is -0.396 e. The molecule has 9 heteroatoms. The Balaban J connectivity index is 2.95. The van der Waals surface area contributed by atoms with Crippen LogP contribution in [-0.2, 0) is 9.84 Å². The molecular formula is C11H16N4O3S2. The Labute approximate surface area is 121 Å². The molecular weight excluding hydrogens is 300 g/mol. The van der Waals surface area contributed by atoms with Crippen molar-refractivity contribution >= 4 is 37.8 Å². The third kappa shape index (κ3) is 3.61. The van der Waals surface area contributed by atoms with Crippen LogP contribution in [-0.4, -0.2) is 39.4 Å². The predicted octanol–water partition coefficient (Wildman–Crippen LogP) is 0.408. The molecule has 1 aromatic heterocycles. The fraction of sp³-hybridized carbons (Fsp3) is 0.455. The average molecular weight is 316 g/mol. The molecule has 20 heavy (non-hydrogen) atoms. The third-order valence-electron chi connectivity index (χ3n) is 2.64. The number of rotatable bonds is 6. The molecule has 4 N–H and O–H groups in total. The molecule has 1 rings (SSSR count). The maximum absolute atomic E-state index is 11.7. The topological polar surface area (TPSA) is 125 Å². The fourth-order valence-corrected chi connectivity index (χ4v) is 3.11. The normalized spacial score (nSPS) is 10.8. The Hall–Kier alpha value is -1.79. The highest BCUT2D eigenvalue weighted by Crippen LogP contribution is 2.34. The van der Waals surface area contributed by atoms with Gasteiger partial charge in [0.25, 0.3) is 5.91 Å². The summed E-state index contributed by atoms with van der Waals surface area (Å²) in [6, 6.07) is 1.91. The number of nitrogens with zero attached hydrogens (tertiary/aromatic N) is 1. The van der Waals surface area contributed by atoms with Crippen molar-refractivity contribution in [1.82, 2.24) is 5.32 Å². The lowest BCUT2D eigenvalue weighted by Crippen LogP contribution is -2.21. The van der Waals surface area contributed by atoms with Crippen LogP contribution in [0.25, 0.3) is 0 Å². The minimum absolute atomic E-state index is 0.0453. The molecule has 0 saturated carbocycles. The van der Waals surface area contributed by atoms with Gasteiger partial charge in [-0.1, -0.05) is 6.92 Å².